The molecule has 0 fully saturated rings. The molecule has 1 amide bonds. The number of pyridine rings is 1. The van der Waals surface area contributed by atoms with E-state index in [0.717, 1.165) is 19.1 Å². The smallest absolute Gasteiger partial charge is 0.437 e. The zero-order valence-electron chi connectivity index (χ0n) is 18.3. The van der Waals surface area contributed by atoms with Crippen molar-refractivity contribution in [3.8, 4) is 17.0 Å². The van der Waals surface area contributed by atoms with Crippen molar-refractivity contribution in [3.05, 3.63) is 58.5 Å². The van der Waals surface area contributed by atoms with Gasteiger partial charge in [0.15, 0.2) is 11.8 Å². The molecule has 0 aliphatic rings. The minimum Gasteiger partial charge on any atom is -0.480 e. The van der Waals surface area contributed by atoms with Crippen LogP contribution in [-0.2, 0) is 12.8 Å². The molecule has 0 aliphatic carbocycles. The monoisotopic (exact) mass is 524 g/mol. The van der Waals surface area contributed by atoms with Gasteiger partial charge in [-0.1, -0.05) is 0 Å². The van der Waals surface area contributed by atoms with Crippen LogP contribution in [0.2, 0.25) is 0 Å². The summed E-state index contributed by atoms with van der Waals surface area (Å²) in [7, 11) is 0. The van der Waals surface area contributed by atoms with Crippen molar-refractivity contribution in [2.75, 3.05) is 5.32 Å². The van der Waals surface area contributed by atoms with Crippen LogP contribution < -0.4 is 10.1 Å². The van der Waals surface area contributed by atoms with Gasteiger partial charge in [-0.25, -0.2) is 13.8 Å². The number of aliphatic hydroxyl groups is 1. The average Bonchev–Trinajstić information content (AvgIpc) is 3.14. The maximum absolute atomic E-state index is 15.0. The highest BCUT2D eigenvalue weighted by Gasteiger charge is 2.40. The molecule has 0 saturated carbocycles. The molecule has 3 aromatic rings. The molecule has 15 heteroatoms. The number of alkyl halides is 6. The summed E-state index contributed by atoms with van der Waals surface area (Å²) in [5.74, 6) is -4.45. The standard InChI is InChI=1S/C21H16F8N4O3/c1-8-17(18(33-32-8)21(27,28)29)31-19(35)11-5-13(23)10(6-16(11)36-9(2)20(24,25)26)14-4-3-12(22)15(7-34)30-14/h3-6,9,34H,7H2,1-2H3,(H,31,35)(H,32,33). The summed E-state index contributed by atoms with van der Waals surface area (Å²) in [6.45, 7) is 0.859. The van der Waals surface area contributed by atoms with E-state index in [1.807, 2.05) is 10.4 Å². The Hall–Kier alpha value is -3.75. The molecule has 1 unspecified atom stereocenters. The largest absolute Gasteiger partial charge is 0.480 e. The number of ether oxygens (including phenoxy) is 1. The van der Waals surface area contributed by atoms with E-state index in [1.54, 1.807) is 0 Å². The van der Waals surface area contributed by atoms with E-state index in [1.165, 1.54) is 0 Å². The van der Waals surface area contributed by atoms with Crippen molar-refractivity contribution < 1.29 is 49.8 Å². The van der Waals surface area contributed by atoms with E-state index < -0.39 is 76.6 Å². The van der Waals surface area contributed by atoms with Crippen LogP contribution in [0.15, 0.2) is 24.3 Å². The predicted molar refractivity (Wildman–Crippen MR) is 108 cm³/mol. The van der Waals surface area contributed by atoms with Crippen molar-refractivity contribution in [2.45, 2.75) is 38.9 Å². The van der Waals surface area contributed by atoms with E-state index in [4.69, 9.17) is 4.74 Å². The Balaban J connectivity index is 2.12. The highest BCUT2D eigenvalue weighted by Crippen LogP contribution is 2.37. The SMILES string of the molecule is Cc1[nH]nc(C(F)(F)F)c1NC(=O)c1cc(F)c(-c2ccc(F)c(CO)n2)cc1OC(C)C(F)(F)F. The highest BCUT2D eigenvalue weighted by atomic mass is 19.4. The molecule has 0 radical (unpaired) electrons. The topological polar surface area (TPSA) is 100 Å². The van der Waals surface area contributed by atoms with Crippen LogP contribution in [0, 0.1) is 18.6 Å². The number of nitrogens with one attached hydrogen (secondary N) is 2. The summed E-state index contributed by atoms with van der Waals surface area (Å²) in [5.41, 5.74) is -4.77. The lowest BCUT2D eigenvalue weighted by molar-refractivity contribution is -0.189. The molecular formula is C21H16F8N4O3. The van der Waals surface area contributed by atoms with Gasteiger partial charge in [-0.2, -0.15) is 31.4 Å². The summed E-state index contributed by atoms with van der Waals surface area (Å²) in [4.78, 5) is 16.5. The number of nitrogens with zero attached hydrogens (tertiary/aromatic N) is 2. The maximum atomic E-state index is 15.0. The number of amides is 1. The fraction of sp³-hybridized carbons (Fsp3) is 0.286. The zero-order valence-corrected chi connectivity index (χ0v) is 18.3. The van der Waals surface area contributed by atoms with E-state index >= 15 is 0 Å². The van der Waals surface area contributed by atoms with Crippen LogP contribution >= 0.6 is 0 Å². The number of carbonyl (C=O) groups excluding carboxylic acids is 1. The third kappa shape index (κ3) is 5.56. The first-order valence-corrected chi connectivity index (χ1v) is 9.90. The zero-order chi connectivity index (χ0) is 27.0. The van der Waals surface area contributed by atoms with Crippen LogP contribution in [0.3, 0.4) is 0 Å². The molecule has 0 bridgehead atoms. The molecule has 0 aliphatic heterocycles. The molecule has 7 nitrogen and oxygen atoms in total. The number of aromatic nitrogens is 3. The van der Waals surface area contributed by atoms with Gasteiger partial charge >= 0.3 is 12.4 Å². The molecule has 2 aromatic heterocycles. The molecule has 2 heterocycles. The fourth-order valence-electron chi connectivity index (χ4n) is 3.00. The number of benzene rings is 1. The number of halogens is 8. The predicted octanol–water partition coefficient (Wildman–Crippen LogP) is 5.15. The number of anilines is 1. The van der Waals surface area contributed by atoms with Crippen LogP contribution in [0.4, 0.5) is 40.8 Å². The minimum atomic E-state index is -4.99. The van der Waals surface area contributed by atoms with Gasteiger partial charge in [-0.05, 0) is 38.1 Å². The number of H-pyrrole nitrogens is 1. The second-order valence-electron chi connectivity index (χ2n) is 7.44. The number of rotatable bonds is 6. The number of aromatic amines is 1. The Morgan fingerprint density at radius 3 is 2.39 bits per heavy atom. The van der Waals surface area contributed by atoms with Gasteiger partial charge in [0.05, 0.1) is 29.2 Å². The molecule has 3 rings (SSSR count). The Morgan fingerprint density at radius 1 is 1.14 bits per heavy atom. The van der Waals surface area contributed by atoms with Gasteiger partial charge in [-0.3, -0.25) is 9.89 Å². The minimum absolute atomic E-state index is 0.231. The van der Waals surface area contributed by atoms with Gasteiger partial charge in [-0.15, -0.1) is 0 Å². The van der Waals surface area contributed by atoms with Crippen molar-refractivity contribution >= 4 is 11.6 Å². The van der Waals surface area contributed by atoms with Gasteiger partial charge in [0.2, 0.25) is 0 Å². The van der Waals surface area contributed by atoms with Crippen molar-refractivity contribution in [1.82, 2.24) is 15.2 Å². The van der Waals surface area contributed by atoms with E-state index in [2.05, 4.69) is 10.1 Å². The lowest BCUT2D eigenvalue weighted by atomic mass is 10.0. The Morgan fingerprint density at radius 2 is 1.81 bits per heavy atom. The van der Waals surface area contributed by atoms with Gasteiger partial charge < -0.3 is 15.2 Å². The molecule has 1 aromatic carbocycles. The molecule has 0 spiro atoms. The summed E-state index contributed by atoms with van der Waals surface area (Å²) >= 11 is 0. The highest BCUT2D eigenvalue weighted by molar-refractivity contribution is 6.07. The Bertz CT molecular complexity index is 1290. The number of aliphatic hydroxyl groups excluding tert-OH is 1. The van der Waals surface area contributed by atoms with Gasteiger partial charge in [0, 0.05) is 5.56 Å². The van der Waals surface area contributed by atoms with Gasteiger partial charge in [0.1, 0.15) is 23.1 Å². The van der Waals surface area contributed by atoms with Crippen LogP contribution in [0.1, 0.15) is 34.4 Å². The van der Waals surface area contributed by atoms with Crippen LogP contribution in [0.25, 0.3) is 11.3 Å². The van der Waals surface area contributed by atoms with E-state index in [9.17, 15) is 45.0 Å². The summed E-state index contributed by atoms with van der Waals surface area (Å²) in [6, 6.07) is 2.90. The lowest BCUT2D eigenvalue weighted by Crippen LogP contribution is -2.32. The number of hydrogen-bond acceptors (Lipinski definition) is 5. The lowest BCUT2D eigenvalue weighted by Gasteiger charge is -2.21. The summed E-state index contributed by atoms with van der Waals surface area (Å²) in [5, 5.41) is 16.1. The Labute approximate surface area is 197 Å². The van der Waals surface area contributed by atoms with E-state index in [-0.39, 0.29) is 11.4 Å². The quantitative estimate of drug-likeness (QED) is 0.388. The van der Waals surface area contributed by atoms with Crippen LogP contribution in [-0.4, -0.2) is 38.5 Å². The van der Waals surface area contributed by atoms with Crippen molar-refractivity contribution in [3.63, 3.8) is 0 Å². The third-order valence-corrected chi connectivity index (χ3v) is 4.88. The van der Waals surface area contributed by atoms with Crippen LogP contribution in [0.5, 0.6) is 5.75 Å². The third-order valence-electron chi connectivity index (χ3n) is 4.88. The molecule has 36 heavy (non-hydrogen) atoms. The Kier molecular flexibility index (Phi) is 7.25. The number of carbonyl (C=O) groups is 1. The first kappa shape index (κ1) is 26.8. The van der Waals surface area contributed by atoms with Crippen molar-refractivity contribution in [2.24, 2.45) is 0 Å². The first-order chi connectivity index (χ1) is 16.6. The average molecular weight is 524 g/mol. The summed E-state index contributed by atoms with van der Waals surface area (Å²) < 4.78 is 112. The molecule has 1 atom stereocenters. The van der Waals surface area contributed by atoms with Crippen molar-refractivity contribution in [1.29, 1.82) is 0 Å². The van der Waals surface area contributed by atoms with E-state index in [0.29, 0.717) is 19.1 Å². The van der Waals surface area contributed by atoms with Gasteiger partial charge in [0.25, 0.3) is 5.91 Å². The number of hydrogen-bond donors (Lipinski definition) is 3. The molecule has 3 N–H and O–H groups in total. The summed E-state index contributed by atoms with van der Waals surface area (Å²) in [6.07, 6.45) is -12.4. The molecule has 0 saturated heterocycles. The second-order valence-corrected chi connectivity index (χ2v) is 7.44. The molecule has 194 valence electrons. The molecular weight excluding hydrogens is 508 g/mol. The maximum Gasteiger partial charge on any atom is 0.437 e. The second kappa shape index (κ2) is 9.72. The fourth-order valence-corrected chi connectivity index (χ4v) is 3.00. The first-order valence-electron chi connectivity index (χ1n) is 9.90. The number of aryl methyl sites for hydroxylation is 1. The normalized spacial score (nSPS) is 13.0.